The highest BCUT2D eigenvalue weighted by Gasteiger charge is 2.20. The molecule has 156 valence electrons. The number of rotatable bonds is 7. The van der Waals surface area contributed by atoms with Gasteiger partial charge in [-0.05, 0) is 37.5 Å². The van der Waals surface area contributed by atoms with Crippen LogP contribution < -0.4 is 10.9 Å². The first-order valence-electron chi connectivity index (χ1n) is 10.2. The third-order valence-corrected chi connectivity index (χ3v) is 6.16. The lowest BCUT2D eigenvalue weighted by Gasteiger charge is -2.16. The summed E-state index contributed by atoms with van der Waals surface area (Å²) in [6.45, 7) is 3.70. The Hall–Kier alpha value is -2.64. The van der Waals surface area contributed by atoms with Crippen LogP contribution in [0.4, 0.5) is 0 Å². The summed E-state index contributed by atoms with van der Waals surface area (Å²) in [5.41, 5.74) is 2.80. The molecule has 0 spiro atoms. The highest BCUT2D eigenvalue weighted by molar-refractivity contribution is 7.99. The van der Waals surface area contributed by atoms with Gasteiger partial charge in [-0.25, -0.2) is 4.98 Å². The summed E-state index contributed by atoms with van der Waals surface area (Å²) in [5.74, 6) is 0.106. The van der Waals surface area contributed by atoms with Crippen molar-refractivity contribution in [3.63, 3.8) is 0 Å². The third-order valence-electron chi connectivity index (χ3n) is 5.18. The van der Waals surface area contributed by atoms with E-state index in [-0.39, 0.29) is 23.3 Å². The molecule has 1 unspecified atom stereocenters. The average molecular weight is 424 g/mol. The molecule has 6 nitrogen and oxygen atoms in total. The van der Waals surface area contributed by atoms with Crippen LogP contribution in [0.2, 0.25) is 0 Å². The Morgan fingerprint density at radius 1 is 1.23 bits per heavy atom. The molecular weight excluding hydrogens is 398 g/mol. The van der Waals surface area contributed by atoms with Crippen molar-refractivity contribution in [3.8, 4) is 0 Å². The molecule has 3 aromatic rings. The quantitative estimate of drug-likeness (QED) is 0.466. The van der Waals surface area contributed by atoms with Crippen molar-refractivity contribution in [2.24, 2.45) is 0 Å². The Kier molecular flexibility index (Phi) is 6.50. The van der Waals surface area contributed by atoms with E-state index in [4.69, 9.17) is 4.74 Å². The van der Waals surface area contributed by atoms with Crippen molar-refractivity contribution in [3.05, 3.63) is 70.0 Å². The fourth-order valence-electron chi connectivity index (χ4n) is 3.50. The number of carbonyl (C=O) groups excluding carboxylic acids is 1. The van der Waals surface area contributed by atoms with Crippen molar-refractivity contribution >= 4 is 28.6 Å². The molecule has 0 saturated carbocycles. The molecule has 1 saturated heterocycles. The van der Waals surface area contributed by atoms with Gasteiger partial charge in [-0.15, -0.1) is 0 Å². The standard InChI is InChI=1S/C23H25N3O3S/c1-16-8-10-17(11-9-16)13-24-21(27)15-30-23-25-20-7-3-2-6-19(20)22(28)26(23)14-18-5-4-12-29-18/h2-3,6-11,18H,4-5,12-15H2,1H3,(H,24,27). The molecule has 0 aliphatic carbocycles. The minimum absolute atomic E-state index is 0.0142. The second-order valence-corrected chi connectivity index (χ2v) is 8.46. The first-order valence-corrected chi connectivity index (χ1v) is 11.1. The van der Waals surface area contributed by atoms with Crippen LogP contribution in [-0.2, 0) is 22.6 Å². The number of fused-ring (bicyclic) bond motifs is 1. The van der Waals surface area contributed by atoms with Crippen LogP contribution in [0.1, 0.15) is 24.0 Å². The Morgan fingerprint density at radius 2 is 2.03 bits per heavy atom. The van der Waals surface area contributed by atoms with Crippen LogP contribution in [0.3, 0.4) is 0 Å². The molecule has 1 aliphatic rings. The number of amides is 1. The van der Waals surface area contributed by atoms with Crippen molar-refractivity contribution in [1.29, 1.82) is 0 Å². The number of aryl methyl sites for hydroxylation is 1. The lowest BCUT2D eigenvalue weighted by molar-refractivity contribution is -0.118. The molecule has 30 heavy (non-hydrogen) atoms. The summed E-state index contributed by atoms with van der Waals surface area (Å²) in [6, 6.07) is 15.4. The molecule has 4 rings (SSSR count). The van der Waals surface area contributed by atoms with E-state index in [1.807, 2.05) is 49.4 Å². The van der Waals surface area contributed by atoms with Crippen LogP contribution in [0.15, 0.2) is 58.5 Å². The third kappa shape index (κ3) is 4.91. The number of benzene rings is 2. The second-order valence-electron chi connectivity index (χ2n) is 7.51. The fraction of sp³-hybridized carbons (Fsp3) is 0.348. The van der Waals surface area contributed by atoms with E-state index in [1.54, 1.807) is 10.6 Å². The number of hydrogen-bond donors (Lipinski definition) is 1. The summed E-state index contributed by atoms with van der Waals surface area (Å²) in [7, 11) is 0. The van der Waals surface area contributed by atoms with Crippen LogP contribution in [0.5, 0.6) is 0 Å². The van der Waals surface area contributed by atoms with Crippen molar-refractivity contribution < 1.29 is 9.53 Å². The van der Waals surface area contributed by atoms with Gasteiger partial charge in [0, 0.05) is 13.2 Å². The summed E-state index contributed by atoms with van der Waals surface area (Å²) in [6.07, 6.45) is 1.95. The average Bonchev–Trinajstić information content (AvgIpc) is 3.27. The number of aromatic nitrogens is 2. The SMILES string of the molecule is Cc1ccc(CNC(=O)CSc2nc3ccccc3c(=O)n2CC2CCCO2)cc1. The molecule has 1 amide bonds. The molecule has 1 atom stereocenters. The van der Waals surface area contributed by atoms with Crippen molar-refractivity contribution in [2.75, 3.05) is 12.4 Å². The summed E-state index contributed by atoms with van der Waals surface area (Å²) in [4.78, 5) is 30.1. The number of para-hydroxylation sites is 1. The van der Waals surface area contributed by atoms with Gasteiger partial charge in [0.2, 0.25) is 5.91 Å². The van der Waals surface area contributed by atoms with E-state index in [1.165, 1.54) is 17.3 Å². The molecule has 1 N–H and O–H groups in total. The van der Waals surface area contributed by atoms with E-state index in [0.29, 0.717) is 29.1 Å². The van der Waals surface area contributed by atoms with Gasteiger partial charge < -0.3 is 10.1 Å². The Balaban J connectivity index is 1.48. The summed E-state index contributed by atoms with van der Waals surface area (Å²) >= 11 is 1.29. The Morgan fingerprint density at radius 3 is 2.80 bits per heavy atom. The maximum absolute atomic E-state index is 13.1. The van der Waals surface area contributed by atoms with Crippen molar-refractivity contribution in [2.45, 2.75) is 44.1 Å². The van der Waals surface area contributed by atoms with E-state index in [9.17, 15) is 9.59 Å². The highest BCUT2D eigenvalue weighted by Crippen LogP contribution is 2.21. The molecule has 2 heterocycles. The lowest BCUT2D eigenvalue weighted by Crippen LogP contribution is -2.30. The van der Waals surface area contributed by atoms with E-state index in [2.05, 4.69) is 10.3 Å². The molecular formula is C23H25N3O3S. The van der Waals surface area contributed by atoms with Gasteiger partial charge in [-0.2, -0.15) is 0 Å². The number of nitrogens with zero attached hydrogens (tertiary/aromatic N) is 2. The number of carbonyl (C=O) groups is 1. The zero-order chi connectivity index (χ0) is 20.9. The van der Waals surface area contributed by atoms with Crippen LogP contribution in [-0.4, -0.2) is 33.9 Å². The van der Waals surface area contributed by atoms with E-state index >= 15 is 0 Å². The van der Waals surface area contributed by atoms with E-state index in [0.717, 1.165) is 25.0 Å². The van der Waals surface area contributed by atoms with Crippen LogP contribution in [0.25, 0.3) is 10.9 Å². The van der Waals surface area contributed by atoms with Gasteiger partial charge in [0.05, 0.1) is 29.3 Å². The minimum Gasteiger partial charge on any atom is -0.376 e. The smallest absolute Gasteiger partial charge is 0.262 e. The van der Waals surface area contributed by atoms with Gasteiger partial charge in [0.25, 0.3) is 5.56 Å². The van der Waals surface area contributed by atoms with Crippen molar-refractivity contribution in [1.82, 2.24) is 14.9 Å². The minimum atomic E-state index is -0.0911. The normalized spacial score (nSPS) is 16.1. The largest absolute Gasteiger partial charge is 0.376 e. The Bertz CT molecular complexity index is 1090. The molecule has 1 aliphatic heterocycles. The number of ether oxygens (including phenoxy) is 1. The van der Waals surface area contributed by atoms with Crippen LogP contribution >= 0.6 is 11.8 Å². The monoisotopic (exact) mass is 423 g/mol. The number of thioether (sulfide) groups is 1. The first kappa shape index (κ1) is 20.6. The number of nitrogens with one attached hydrogen (secondary N) is 1. The van der Waals surface area contributed by atoms with Crippen LogP contribution in [0, 0.1) is 6.92 Å². The highest BCUT2D eigenvalue weighted by atomic mass is 32.2. The van der Waals surface area contributed by atoms with Gasteiger partial charge >= 0.3 is 0 Å². The molecule has 1 aromatic heterocycles. The topological polar surface area (TPSA) is 73.2 Å². The maximum Gasteiger partial charge on any atom is 0.262 e. The van der Waals surface area contributed by atoms with Gasteiger partial charge in [-0.3, -0.25) is 14.2 Å². The van der Waals surface area contributed by atoms with Gasteiger partial charge in [-0.1, -0.05) is 53.7 Å². The molecule has 0 bridgehead atoms. The first-order chi connectivity index (χ1) is 14.6. The summed E-state index contributed by atoms with van der Waals surface area (Å²) in [5, 5.41) is 4.08. The predicted octanol–water partition coefficient (Wildman–Crippen LogP) is 3.29. The maximum atomic E-state index is 13.1. The van der Waals surface area contributed by atoms with E-state index < -0.39 is 0 Å². The zero-order valence-electron chi connectivity index (χ0n) is 17.0. The molecule has 0 radical (unpaired) electrons. The Labute approximate surface area is 179 Å². The fourth-order valence-corrected chi connectivity index (χ4v) is 4.34. The lowest BCUT2D eigenvalue weighted by atomic mass is 10.1. The molecule has 2 aromatic carbocycles. The predicted molar refractivity (Wildman–Crippen MR) is 119 cm³/mol. The molecule has 7 heteroatoms. The van der Waals surface area contributed by atoms with Gasteiger partial charge in [0.15, 0.2) is 5.16 Å². The molecule has 1 fully saturated rings. The second kappa shape index (κ2) is 9.45. The number of hydrogen-bond acceptors (Lipinski definition) is 5. The van der Waals surface area contributed by atoms with Gasteiger partial charge in [0.1, 0.15) is 0 Å². The summed E-state index contributed by atoms with van der Waals surface area (Å²) < 4.78 is 7.39. The zero-order valence-corrected chi connectivity index (χ0v) is 17.8.